The molecule has 1 saturated heterocycles. The van der Waals surface area contributed by atoms with Gasteiger partial charge in [-0.05, 0) is 6.92 Å². The van der Waals surface area contributed by atoms with Gasteiger partial charge < -0.3 is 4.74 Å². The lowest BCUT2D eigenvalue weighted by molar-refractivity contribution is 0.00616. The summed E-state index contributed by atoms with van der Waals surface area (Å²) in [7, 11) is 1.81. The first kappa shape index (κ1) is 7.90. The van der Waals surface area contributed by atoms with Crippen molar-refractivity contribution in [3.05, 3.63) is 0 Å². The van der Waals surface area contributed by atoms with Crippen LogP contribution in [-0.4, -0.2) is 29.9 Å². The Morgan fingerprint density at radius 3 is 2.73 bits per heavy atom. The van der Waals surface area contributed by atoms with E-state index in [1.807, 2.05) is 0 Å². The van der Waals surface area contributed by atoms with Gasteiger partial charge in [0.15, 0.2) is 0 Å². The number of thioether (sulfide) groups is 1. The van der Waals surface area contributed by atoms with Crippen molar-refractivity contribution in [3.63, 3.8) is 0 Å². The molecule has 2 fully saturated rings. The molecule has 0 radical (unpaired) electrons. The highest BCUT2D eigenvalue weighted by Gasteiger charge is 2.48. The molecule has 1 aliphatic carbocycles. The van der Waals surface area contributed by atoms with E-state index in [2.05, 4.69) is 24.0 Å². The Labute approximate surface area is 72.1 Å². The van der Waals surface area contributed by atoms with Crippen LogP contribution in [0.2, 0.25) is 0 Å². The van der Waals surface area contributed by atoms with Crippen molar-refractivity contribution >= 4 is 11.8 Å². The van der Waals surface area contributed by atoms with Crippen LogP contribution < -0.4 is 5.32 Å². The van der Waals surface area contributed by atoms with E-state index in [9.17, 15) is 0 Å². The first-order valence-corrected chi connectivity index (χ1v) is 5.17. The van der Waals surface area contributed by atoms with Crippen LogP contribution in [0.5, 0.6) is 0 Å². The number of hydrogen-bond acceptors (Lipinski definition) is 3. The lowest BCUT2D eigenvalue weighted by atomic mass is 9.88. The second-order valence-corrected chi connectivity index (χ2v) is 5.02. The Hall–Kier alpha value is 0.270. The van der Waals surface area contributed by atoms with Gasteiger partial charge in [0, 0.05) is 31.7 Å². The van der Waals surface area contributed by atoms with Crippen LogP contribution in [0, 0.1) is 0 Å². The Bertz CT molecular complexity index is 156. The van der Waals surface area contributed by atoms with E-state index in [0.717, 1.165) is 0 Å². The predicted molar refractivity (Wildman–Crippen MR) is 47.8 cm³/mol. The molecule has 0 aromatic heterocycles. The maximum absolute atomic E-state index is 5.25. The highest BCUT2D eigenvalue weighted by molar-refractivity contribution is 8.01. The van der Waals surface area contributed by atoms with Gasteiger partial charge in [-0.25, -0.2) is 0 Å². The molecular weight excluding hydrogens is 158 g/mol. The molecule has 1 heterocycles. The fraction of sp³-hybridized carbons (Fsp3) is 1.00. The van der Waals surface area contributed by atoms with Crippen LogP contribution in [0.3, 0.4) is 0 Å². The third kappa shape index (κ3) is 1.30. The molecule has 2 rings (SSSR count). The van der Waals surface area contributed by atoms with Crippen molar-refractivity contribution in [1.29, 1.82) is 0 Å². The maximum Gasteiger partial charge on any atom is 0.0697 e. The van der Waals surface area contributed by atoms with Gasteiger partial charge in [-0.3, -0.25) is 5.32 Å². The van der Waals surface area contributed by atoms with Crippen molar-refractivity contribution in [2.75, 3.05) is 12.9 Å². The van der Waals surface area contributed by atoms with E-state index in [1.165, 1.54) is 18.6 Å². The predicted octanol–water partition coefficient (Wildman–Crippen LogP) is 1.22. The van der Waals surface area contributed by atoms with E-state index >= 15 is 0 Å². The topological polar surface area (TPSA) is 21.3 Å². The summed E-state index contributed by atoms with van der Waals surface area (Å²) in [5, 5.41) is 3.61. The molecule has 64 valence electrons. The van der Waals surface area contributed by atoms with Gasteiger partial charge in [0.25, 0.3) is 0 Å². The highest BCUT2D eigenvalue weighted by atomic mass is 32.2. The Morgan fingerprint density at radius 1 is 1.55 bits per heavy atom. The van der Waals surface area contributed by atoms with Crippen LogP contribution in [0.25, 0.3) is 0 Å². The smallest absolute Gasteiger partial charge is 0.0697 e. The quantitative estimate of drug-likeness (QED) is 0.644. The lowest BCUT2D eigenvalue weighted by Gasteiger charge is -2.43. The first-order valence-electron chi connectivity index (χ1n) is 4.18. The minimum atomic E-state index is 0.403. The van der Waals surface area contributed by atoms with Crippen LogP contribution in [0.4, 0.5) is 0 Å². The fourth-order valence-electron chi connectivity index (χ4n) is 1.90. The average molecular weight is 173 g/mol. The minimum Gasteiger partial charge on any atom is -0.381 e. The summed E-state index contributed by atoms with van der Waals surface area (Å²) in [4.78, 5) is 0.403. The van der Waals surface area contributed by atoms with Gasteiger partial charge in [-0.15, -0.1) is 11.8 Å². The molecule has 0 bridgehead atoms. The molecule has 0 amide bonds. The van der Waals surface area contributed by atoms with Crippen LogP contribution >= 0.6 is 11.8 Å². The molecule has 1 saturated carbocycles. The number of hydrogen-bond donors (Lipinski definition) is 1. The summed E-state index contributed by atoms with van der Waals surface area (Å²) in [6.45, 7) is 2.25. The molecule has 0 aromatic carbocycles. The highest BCUT2D eigenvalue weighted by Crippen LogP contribution is 2.46. The molecule has 0 aromatic rings. The summed E-state index contributed by atoms with van der Waals surface area (Å²) < 4.78 is 5.25. The van der Waals surface area contributed by atoms with E-state index in [-0.39, 0.29) is 0 Å². The number of nitrogens with one attached hydrogen (secondary N) is 1. The summed E-state index contributed by atoms with van der Waals surface area (Å²) in [5.74, 6) is 1.26. The van der Waals surface area contributed by atoms with E-state index in [0.29, 0.717) is 17.0 Å². The molecule has 2 nitrogen and oxygen atoms in total. The first-order chi connectivity index (χ1) is 5.24. The normalized spacial score (nSPS) is 49.6. The SMILES string of the molecule is COC1CC2(C1)NC(C)CS2. The summed E-state index contributed by atoms with van der Waals surface area (Å²) in [6.07, 6.45) is 2.90. The van der Waals surface area contributed by atoms with Crippen molar-refractivity contribution in [3.8, 4) is 0 Å². The van der Waals surface area contributed by atoms with Gasteiger partial charge >= 0.3 is 0 Å². The molecule has 3 heteroatoms. The van der Waals surface area contributed by atoms with Gasteiger partial charge in [0.05, 0.1) is 11.0 Å². The monoisotopic (exact) mass is 173 g/mol. The molecule has 1 spiro atoms. The Morgan fingerprint density at radius 2 is 2.27 bits per heavy atom. The van der Waals surface area contributed by atoms with Crippen molar-refractivity contribution in [2.24, 2.45) is 0 Å². The average Bonchev–Trinajstić information content (AvgIpc) is 2.28. The molecule has 1 atom stereocenters. The zero-order valence-electron chi connectivity index (χ0n) is 7.09. The molecule has 2 aliphatic rings. The molecular formula is C8H15NOS. The largest absolute Gasteiger partial charge is 0.381 e. The van der Waals surface area contributed by atoms with E-state index in [4.69, 9.17) is 4.74 Å². The van der Waals surface area contributed by atoms with Crippen LogP contribution in [-0.2, 0) is 4.74 Å². The van der Waals surface area contributed by atoms with Gasteiger partial charge in [0.2, 0.25) is 0 Å². The van der Waals surface area contributed by atoms with Gasteiger partial charge in [-0.2, -0.15) is 0 Å². The fourth-order valence-corrected chi connectivity index (χ4v) is 3.44. The lowest BCUT2D eigenvalue weighted by Crippen LogP contribution is -2.54. The molecule has 11 heavy (non-hydrogen) atoms. The van der Waals surface area contributed by atoms with Crippen molar-refractivity contribution < 1.29 is 4.74 Å². The molecule has 1 aliphatic heterocycles. The zero-order valence-corrected chi connectivity index (χ0v) is 7.91. The standard InChI is InChI=1S/C8H15NOS/c1-6-5-11-8(9-6)3-7(4-8)10-2/h6-7,9H,3-5H2,1-2H3. The number of rotatable bonds is 1. The second kappa shape index (κ2) is 2.64. The summed E-state index contributed by atoms with van der Waals surface area (Å²) >= 11 is 2.07. The molecule has 1 N–H and O–H groups in total. The van der Waals surface area contributed by atoms with Gasteiger partial charge in [0.1, 0.15) is 0 Å². The summed E-state index contributed by atoms with van der Waals surface area (Å²) in [6, 6.07) is 0.692. The Balaban J connectivity index is 1.87. The van der Waals surface area contributed by atoms with Crippen LogP contribution in [0.1, 0.15) is 19.8 Å². The van der Waals surface area contributed by atoms with E-state index in [1.54, 1.807) is 7.11 Å². The van der Waals surface area contributed by atoms with Crippen molar-refractivity contribution in [1.82, 2.24) is 5.32 Å². The number of ether oxygens (including phenoxy) is 1. The zero-order chi connectivity index (χ0) is 7.90. The molecule has 1 unspecified atom stereocenters. The van der Waals surface area contributed by atoms with Crippen molar-refractivity contribution in [2.45, 2.75) is 36.8 Å². The second-order valence-electron chi connectivity index (χ2n) is 3.62. The maximum atomic E-state index is 5.25. The third-order valence-corrected chi connectivity index (χ3v) is 4.24. The number of methoxy groups -OCH3 is 1. The summed E-state index contributed by atoms with van der Waals surface area (Å²) in [5.41, 5.74) is 0. The van der Waals surface area contributed by atoms with Crippen LogP contribution in [0.15, 0.2) is 0 Å². The van der Waals surface area contributed by atoms with Gasteiger partial charge in [-0.1, -0.05) is 0 Å². The minimum absolute atomic E-state index is 0.403. The van der Waals surface area contributed by atoms with E-state index < -0.39 is 0 Å². The third-order valence-electron chi connectivity index (χ3n) is 2.57. The Kier molecular flexibility index (Phi) is 1.90.